The molecule has 1 N–H and O–H groups in total. The van der Waals surface area contributed by atoms with Gasteiger partial charge >= 0.3 is 0 Å². The van der Waals surface area contributed by atoms with E-state index >= 15 is 0 Å². The zero-order valence-electron chi connectivity index (χ0n) is 7.52. The van der Waals surface area contributed by atoms with Gasteiger partial charge in [0, 0.05) is 6.04 Å². The summed E-state index contributed by atoms with van der Waals surface area (Å²) < 4.78 is 0. The van der Waals surface area contributed by atoms with Crippen molar-refractivity contribution in [1.82, 2.24) is 5.32 Å². The van der Waals surface area contributed by atoms with Crippen molar-refractivity contribution >= 4 is 0 Å². The number of hydrogen-bond acceptors (Lipinski definition) is 1. The molecule has 0 aromatic heterocycles. The minimum absolute atomic E-state index is 0.792. The van der Waals surface area contributed by atoms with E-state index in [9.17, 15) is 0 Å². The van der Waals surface area contributed by atoms with Crippen molar-refractivity contribution < 1.29 is 0 Å². The molecule has 0 amide bonds. The molecule has 1 rings (SSSR count). The third kappa shape index (κ3) is 1.34. The summed E-state index contributed by atoms with van der Waals surface area (Å²) in [6, 6.07) is 0.792. The largest absolute Gasteiger partial charge is 0.313 e. The molecule has 0 aliphatic carbocycles. The fourth-order valence-electron chi connectivity index (χ4n) is 1.77. The average Bonchev–Trinajstić information content (AvgIpc) is 1.56. The van der Waals surface area contributed by atoms with E-state index in [1.54, 1.807) is 0 Å². The lowest BCUT2D eigenvalue weighted by Gasteiger charge is -2.43. The summed E-state index contributed by atoms with van der Waals surface area (Å²) in [5.41, 5.74) is 0. The van der Waals surface area contributed by atoms with Crippen LogP contribution in [0.25, 0.3) is 0 Å². The average molecular weight is 141 g/mol. The van der Waals surface area contributed by atoms with Crippen molar-refractivity contribution in [3.63, 3.8) is 0 Å². The number of hydrogen-bond donors (Lipinski definition) is 1. The molecule has 1 aliphatic heterocycles. The molecule has 60 valence electrons. The van der Waals surface area contributed by atoms with Gasteiger partial charge in [-0.05, 0) is 24.3 Å². The molecule has 1 heteroatoms. The third-order valence-corrected chi connectivity index (χ3v) is 2.63. The van der Waals surface area contributed by atoms with Gasteiger partial charge in [-0.15, -0.1) is 0 Å². The lowest BCUT2D eigenvalue weighted by molar-refractivity contribution is 0.131. The van der Waals surface area contributed by atoms with E-state index in [1.807, 2.05) is 0 Å². The normalized spacial score (nSPS) is 33.0. The van der Waals surface area contributed by atoms with Gasteiger partial charge in [-0.2, -0.15) is 0 Å². The van der Waals surface area contributed by atoms with E-state index in [2.05, 4.69) is 33.0 Å². The molecule has 0 unspecified atom stereocenters. The smallest absolute Gasteiger partial charge is 0.0133 e. The summed E-state index contributed by atoms with van der Waals surface area (Å²) >= 11 is 0. The molecule has 1 fully saturated rings. The summed E-state index contributed by atoms with van der Waals surface area (Å²) in [6.07, 6.45) is 0. The fourth-order valence-corrected chi connectivity index (χ4v) is 1.77. The first-order valence-electron chi connectivity index (χ1n) is 4.36. The second-order valence-corrected chi connectivity index (χ2v) is 4.09. The standard InChI is InChI=1S/C9H19N/c1-6(2)8-5-10-9(8)7(3)4/h6-10H,5H2,1-4H3/t8-,9+/m1/s1. The molecule has 0 saturated carbocycles. The van der Waals surface area contributed by atoms with Gasteiger partial charge in [-0.3, -0.25) is 0 Å². The Morgan fingerprint density at radius 3 is 1.80 bits per heavy atom. The Kier molecular flexibility index (Phi) is 2.35. The topological polar surface area (TPSA) is 12.0 Å². The highest BCUT2D eigenvalue weighted by Crippen LogP contribution is 2.26. The van der Waals surface area contributed by atoms with Crippen molar-refractivity contribution in [3.05, 3.63) is 0 Å². The fraction of sp³-hybridized carbons (Fsp3) is 1.00. The van der Waals surface area contributed by atoms with Gasteiger partial charge in [-0.1, -0.05) is 27.7 Å². The van der Waals surface area contributed by atoms with E-state index in [1.165, 1.54) is 6.54 Å². The van der Waals surface area contributed by atoms with E-state index in [0.717, 1.165) is 23.8 Å². The van der Waals surface area contributed by atoms with Gasteiger partial charge in [0.05, 0.1) is 0 Å². The molecule has 1 aliphatic rings. The van der Waals surface area contributed by atoms with Crippen LogP contribution in [0.2, 0.25) is 0 Å². The molecule has 0 spiro atoms. The molecule has 0 aromatic rings. The first kappa shape index (κ1) is 8.06. The van der Waals surface area contributed by atoms with Crippen molar-refractivity contribution in [2.45, 2.75) is 33.7 Å². The molecule has 1 nitrogen and oxygen atoms in total. The highest BCUT2D eigenvalue weighted by molar-refractivity contribution is 4.91. The predicted octanol–water partition coefficient (Wildman–Crippen LogP) is 1.89. The molecular formula is C9H19N. The van der Waals surface area contributed by atoms with Crippen LogP contribution in [-0.4, -0.2) is 12.6 Å². The highest BCUT2D eigenvalue weighted by atomic mass is 15.0. The van der Waals surface area contributed by atoms with Crippen LogP contribution in [0, 0.1) is 17.8 Å². The van der Waals surface area contributed by atoms with Crippen LogP contribution in [-0.2, 0) is 0 Å². The Bertz CT molecular complexity index is 93.3. The summed E-state index contributed by atoms with van der Waals surface area (Å²) in [5, 5.41) is 3.48. The summed E-state index contributed by atoms with van der Waals surface area (Å²) in [5.74, 6) is 2.59. The Balaban J connectivity index is 2.36. The quantitative estimate of drug-likeness (QED) is 0.619. The maximum absolute atomic E-state index is 3.48. The van der Waals surface area contributed by atoms with Gasteiger partial charge < -0.3 is 5.32 Å². The van der Waals surface area contributed by atoms with Crippen LogP contribution in [0.4, 0.5) is 0 Å². The van der Waals surface area contributed by atoms with Crippen LogP contribution in [0.15, 0.2) is 0 Å². The van der Waals surface area contributed by atoms with E-state index in [4.69, 9.17) is 0 Å². The SMILES string of the molecule is CC(C)[C@H]1CN[C@H]1C(C)C. The van der Waals surface area contributed by atoms with Gasteiger partial charge in [-0.25, -0.2) is 0 Å². The van der Waals surface area contributed by atoms with Crippen molar-refractivity contribution in [2.75, 3.05) is 6.54 Å². The molecule has 10 heavy (non-hydrogen) atoms. The van der Waals surface area contributed by atoms with E-state index in [-0.39, 0.29) is 0 Å². The van der Waals surface area contributed by atoms with Crippen LogP contribution in [0.5, 0.6) is 0 Å². The second kappa shape index (κ2) is 2.91. The maximum atomic E-state index is 3.48. The minimum atomic E-state index is 0.792. The van der Waals surface area contributed by atoms with Crippen LogP contribution in [0.3, 0.4) is 0 Å². The molecule has 1 heterocycles. The first-order valence-corrected chi connectivity index (χ1v) is 4.36. The van der Waals surface area contributed by atoms with Crippen LogP contribution in [0.1, 0.15) is 27.7 Å². The summed E-state index contributed by atoms with van der Waals surface area (Å²) in [7, 11) is 0. The predicted molar refractivity (Wildman–Crippen MR) is 45.0 cm³/mol. The molecule has 2 atom stereocenters. The minimum Gasteiger partial charge on any atom is -0.313 e. The molecule has 0 aromatic carbocycles. The number of rotatable bonds is 2. The Hall–Kier alpha value is -0.0400. The van der Waals surface area contributed by atoms with Gasteiger partial charge in [0.2, 0.25) is 0 Å². The highest BCUT2D eigenvalue weighted by Gasteiger charge is 2.34. The molecule has 0 radical (unpaired) electrons. The zero-order valence-corrected chi connectivity index (χ0v) is 7.52. The molecule has 0 bridgehead atoms. The Labute approximate surface area is 64.2 Å². The van der Waals surface area contributed by atoms with Crippen LogP contribution >= 0.6 is 0 Å². The molecule has 1 saturated heterocycles. The number of nitrogens with one attached hydrogen (secondary N) is 1. The monoisotopic (exact) mass is 141 g/mol. The van der Waals surface area contributed by atoms with E-state index < -0.39 is 0 Å². The van der Waals surface area contributed by atoms with Crippen molar-refractivity contribution in [2.24, 2.45) is 17.8 Å². The van der Waals surface area contributed by atoms with Gasteiger partial charge in [0.25, 0.3) is 0 Å². The summed E-state index contributed by atoms with van der Waals surface area (Å²) in [4.78, 5) is 0. The van der Waals surface area contributed by atoms with Gasteiger partial charge in [0.1, 0.15) is 0 Å². The van der Waals surface area contributed by atoms with Crippen LogP contribution < -0.4 is 5.32 Å². The Morgan fingerprint density at radius 1 is 1.10 bits per heavy atom. The van der Waals surface area contributed by atoms with E-state index in [0.29, 0.717) is 0 Å². The maximum Gasteiger partial charge on any atom is 0.0133 e. The van der Waals surface area contributed by atoms with Gasteiger partial charge in [0.15, 0.2) is 0 Å². The second-order valence-electron chi connectivity index (χ2n) is 4.09. The Morgan fingerprint density at radius 2 is 1.70 bits per heavy atom. The zero-order chi connectivity index (χ0) is 7.72. The third-order valence-electron chi connectivity index (χ3n) is 2.63. The van der Waals surface area contributed by atoms with Crippen molar-refractivity contribution in [3.8, 4) is 0 Å². The first-order chi connectivity index (χ1) is 4.63. The van der Waals surface area contributed by atoms with Crippen molar-refractivity contribution in [1.29, 1.82) is 0 Å². The lowest BCUT2D eigenvalue weighted by Crippen LogP contribution is -2.57. The summed E-state index contributed by atoms with van der Waals surface area (Å²) in [6.45, 7) is 10.5. The lowest BCUT2D eigenvalue weighted by atomic mass is 9.77. The molecular weight excluding hydrogens is 122 g/mol.